The number of carbonyl (C=O) groups is 1. The number of methoxy groups -OCH3 is 2. The maximum absolute atomic E-state index is 12.3. The van der Waals surface area contributed by atoms with Gasteiger partial charge in [0.2, 0.25) is 5.91 Å². The summed E-state index contributed by atoms with van der Waals surface area (Å²) in [5, 5.41) is 2.98. The average molecular weight is 367 g/mol. The lowest BCUT2D eigenvalue weighted by molar-refractivity contribution is -0.121. The highest BCUT2D eigenvalue weighted by molar-refractivity contribution is 5.77. The standard InChI is InChI=1S/C21H25N3O3/c1-4-24-17-8-6-5-7-16(17)23-20(24)14-22-21(25)12-10-15-9-11-18(26-2)19(13-15)27-3/h5-9,11,13H,4,10,12,14H2,1-3H3,(H,22,25). The quantitative estimate of drug-likeness (QED) is 0.663. The first-order valence-electron chi connectivity index (χ1n) is 9.08. The van der Waals surface area contributed by atoms with Gasteiger partial charge in [0.05, 0.1) is 31.8 Å². The Morgan fingerprint density at radius 1 is 1.11 bits per heavy atom. The van der Waals surface area contributed by atoms with E-state index in [1.165, 1.54) is 0 Å². The Morgan fingerprint density at radius 2 is 1.89 bits per heavy atom. The monoisotopic (exact) mass is 367 g/mol. The van der Waals surface area contributed by atoms with E-state index < -0.39 is 0 Å². The molecule has 0 saturated carbocycles. The largest absolute Gasteiger partial charge is 0.493 e. The molecule has 6 nitrogen and oxygen atoms in total. The Hall–Kier alpha value is -3.02. The van der Waals surface area contributed by atoms with Gasteiger partial charge in [-0.15, -0.1) is 0 Å². The fourth-order valence-corrected chi connectivity index (χ4v) is 3.17. The molecule has 27 heavy (non-hydrogen) atoms. The van der Waals surface area contributed by atoms with E-state index in [0.717, 1.165) is 29.0 Å². The van der Waals surface area contributed by atoms with Gasteiger partial charge in [-0.1, -0.05) is 18.2 Å². The van der Waals surface area contributed by atoms with Crippen LogP contribution in [0.1, 0.15) is 24.7 Å². The van der Waals surface area contributed by atoms with E-state index in [1.54, 1.807) is 14.2 Å². The first-order chi connectivity index (χ1) is 13.2. The molecule has 142 valence electrons. The minimum atomic E-state index is -0.000468. The molecule has 0 aliphatic heterocycles. The van der Waals surface area contributed by atoms with Crippen LogP contribution in [0.15, 0.2) is 42.5 Å². The van der Waals surface area contributed by atoms with E-state index in [9.17, 15) is 4.79 Å². The maximum Gasteiger partial charge on any atom is 0.220 e. The first kappa shape index (κ1) is 18.8. The van der Waals surface area contributed by atoms with Crippen LogP contribution >= 0.6 is 0 Å². The van der Waals surface area contributed by atoms with Crippen LogP contribution in [-0.4, -0.2) is 29.7 Å². The van der Waals surface area contributed by atoms with Gasteiger partial charge < -0.3 is 19.4 Å². The molecule has 0 fully saturated rings. The zero-order chi connectivity index (χ0) is 19.2. The third kappa shape index (κ3) is 4.22. The van der Waals surface area contributed by atoms with Crippen molar-refractivity contribution >= 4 is 16.9 Å². The van der Waals surface area contributed by atoms with Crippen molar-refractivity contribution in [2.75, 3.05) is 14.2 Å². The number of carbonyl (C=O) groups excluding carboxylic acids is 1. The van der Waals surface area contributed by atoms with Crippen LogP contribution in [0.5, 0.6) is 11.5 Å². The van der Waals surface area contributed by atoms with E-state index in [-0.39, 0.29) is 5.91 Å². The van der Waals surface area contributed by atoms with Crippen LogP contribution in [-0.2, 0) is 24.3 Å². The van der Waals surface area contributed by atoms with E-state index >= 15 is 0 Å². The molecule has 3 rings (SSSR count). The highest BCUT2D eigenvalue weighted by Gasteiger charge is 2.11. The van der Waals surface area contributed by atoms with Crippen molar-refractivity contribution in [2.45, 2.75) is 32.9 Å². The van der Waals surface area contributed by atoms with Gasteiger partial charge in [0.1, 0.15) is 5.82 Å². The first-order valence-corrected chi connectivity index (χ1v) is 9.08. The third-order valence-corrected chi connectivity index (χ3v) is 4.58. The highest BCUT2D eigenvalue weighted by atomic mass is 16.5. The number of benzene rings is 2. The van der Waals surface area contributed by atoms with Crippen LogP contribution in [0, 0.1) is 0 Å². The Balaban J connectivity index is 1.59. The number of imidazole rings is 1. The minimum Gasteiger partial charge on any atom is -0.493 e. The second-order valence-electron chi connectivity index (χ2n) is 6.23. The van der Waals surface area contributed by atoms with E-state index in [2.05, 4.69) is 21.8 Å². The van der Waals surface area contributed by atoms with Crippen LogP contribution in [0.2, 0.25) is 0 Å². The summed E-state index contributed by atoms with van der Waals surface area (Å²) in [6.07, 6.45) is 1.04. The van der Waals surface area contributed by atoms with Gasteiger partial charge >= 0.3 is 0 Å². The molecule has 0 radical (unpaired) electrons. The molecule has 0 saturated heterocycles. The van der Waals surface area contributed by atoms with Crippen molar-refractivity contribution in [1.82, 2.24) is 14.9 Å². The lowest BCUT2D eigenvalue weighted by Crippen LogP contribution is -2.24. The molecule has 1 heterocycles. The van der Waals surface area contributed by atoms with Crippen molar-refractivity contribution in [1.29, 1.82) is 0 Å². The fourth-order valence-electron chi connectivity index (χ4n) is 3.17. The molecular weight excluding hydrogens is 342 g/mol. The summed E-state index contributed by atoms with van der Waals surface area (Å²) in [6.45, 7) is 3.32. The van der Waals surface area contributed by atoms with Crippen LogP contribution in [0.4, 0.5) is 0 Å². The number of nitrogens with one attached hydrogen (secondary N) is 1. The molecule has 0 spiro atoms. The van der Waals surface area contributed by atoms with Crippen LogP contribution < -0.4 is 14.8 Å². The zero-order valence-electron chi connectivity index (χ0n) is 16.0. The van der Waals surface area contributed by atoms with Crippen molar-refractivity contribution in [3.05, 3.63) is 53.9 Å². The van der Waals surface area contributed by atoms with E-state index in [1.807, 2.05) is 42.5 Å². The van der Waals surface area contributed by atoms with E-state index in [0.29, 0.717) is 30.9 Å². The fraction of sp³-hybridized carbons (Fsp3) is 0.333. The topological polar surface area (TPSA) is 65.4 Å². The van der Waals surface area contributed by atoms with Gasteiger partial charge in [0, 0.05) is 13.0 Å². The SMILES string of the molecule is CCn1c(CNC(=O)CCc2ccc(OC)c(OC)c2)nc2ccccc21. The number of para-hydroxylation sites is 2. The molecule has 1 amide bonds. The Morgan fingerprint density at radius 3 is 2.63 bits per heavy atom. The highest BCUT2D eigenvalue weighted by Crippen LogP contribution is 2.27. The van der Waals surface area contributed by atoms with Crippen molar-refractivity contribution in [2.24, 2.45) is 0 Å². The average Bonchev–Trinajstić information content (AvgIpc) is 3.07. The second kappa shape index (κ2) is 8.58. The Kier molecular flexibility index (Phi) is 5.96. The number of fused-ring (bicyclic) bond motifs is 1. The van der Waals surface area contributed by atoms with Gasteiger partial charge in [0.15, 0.2) is 11.5 Å². The second-order valence-corrected chi connectivity index (χ2v) is 6.23. The van der Waals surface area contributed by atoms with Gasteiger partial charge in [0.25, 0.3) is 0 Å². The lowest BCUT2D eigenvalue weighted by atomic mass is 10.1. The molecule has 6 heteroatoms. The van der Waals surface area contributed by atoms with Gasteiger partial charge in [-0.3, -0.25) is 4.79 Å². The van der Waals surface area contributed by atoms with Crippen LogP contribution in [0.25, 0.3) is 11.0 Å². The minimum absolute atomic E-state index is 0.000468. The molecule has 0 aliphatic carbocycles. The molecule has 3 aromatic rings. The summed E-state index contributed by atoms with van der Waals surface area (Å²) < 4.78 is 12.7. The molecule has 2 aromatic carbocycles. The lowest BCUT2D eigenvalue weighted by Gasteiger charge is -2.10. The molecule has 0 bridgehead atoms. The zero-order valence-corrected chi connectivity index (χ0v) is 16.0. The summed E-state index contributed by atoms with van der Waals surface area (Å²) >= 11 is 0. The summed E-state index contributed by atoms with van der Waals surface area (Å²) in [4.78, 5) is 16.9. The third-order valence-electron chi connectivity index (χ3n) is 4.58. The molecular formula is C21H25N3O3. The number of hydrogen-bond acceptors (Lipinski definition) is 4. The smallest absolute Gasteiger partial charge is 0.220 e. The molecule has 0 unspecified atom stereocenters. The number of nitrogens with zero attached hydrogens (tertiary/aromatic N) is 2. The van der Waals surface area contributed by atoms with Gasteiger partial charge in [-0.2, -0.15) is 0 Å². The van der Waals surface area contributed by atoms with Gasteiger partial charge in [-0.05, 0) is 43.2 Å². The predicted molar refractivity (Wildman–Crippen MR) is 105 cm³/mol. The molecule has 1 N–H and O–H groups in total. The summed E-state index contributed by atoms with van der Waals surface area (Å²) in [7, 11) is 3.21. The number of aromatic nitrogens is 2. The maximum atomic E-state index is 12.3. The summed E-state index contributed by atoms with van der Waals surface area (Å²) in [5.41, 5.74) is 3.08. The number of amides is 1. The Bertz CT molecular complexity index is 934. The Labute approximate surface area is 159 Å². The van der Waals surface area contributed by atoms with Crippen molar-refractivity contribution in [3.8, 4) is 11.5 Å². The molecule has 1 aromatic heterocycles. The summed E-state index contributed by atoms with van der Waals surface area (Å²) in [5.74, 6) is 2.23. The van der Waals surface area contributed by atoms with Crippen molar-refractivity contribution < 1.29 is 14.3 Å². The number of ether oxygens (including phenoxy) is 2. The van der Waals surface area contributed by atoms with Gasteiger partial charge in [-0.25, -0.2) is 4.98 Å². The summed E-state index contributed by atoms with van der Waals surface area (Å²) in [6, 6.07) is 13.7. The number of rotatable bonds is 8. The number of hydrogen-bond donors (Lipinski definition) is 1. The van der Waals surface area contributed by atoms with E-state index in [4.69, 9.17) is 9.47 Å². The number of aryl methyl sites for hydroxylation is 2. The van der Waals surface area contributed by atoms with Crippen LogP contribution in [0.3, 0.4) is 0 Å². The van der Waals surface area contributed by atoms with Crippen molar-refractivity contribution in [3.63, 3.8) is 0 Å². The predicted octanol–water partition coefficient (Wildman–Crippen LogP) is 3.32. The molecule has 0 atom stereocenters. The molecule has 0 aliphatic rings. The normalized spacial score (nSPS) is 10.8.